The molecular formula is C2H7BS2. The van der Waals surface area contributed by atoms with Crippen LogP contribution in [0.4, 0.5) is 0 Å². The first-order valence-electron chi connectivity index (χ1n) is 1.68. The Labute approximate surface area is 42.9 Å². The van der Waals surface area contributed by atoms with Crippen LogP contribution in [0.5, 0.6) is 0 Å². The summed E-state index contributed by atoms with van der Waals surface area (Å²) in [5.74, 6) is 1.17. The third-order valence-electron chi connectivity index (χ3n) is 0.295. The van der Waals surface area contributed by atoms with Gasteiger partial charge in [-0.15, -0.1) is 11.7 Å². The molecule has 0 aliphatic carbocycles. The van der Waals surface area contributed by atoms with E-state index in [4.69, 9.17) is 0 Å². The molecule has 0 atom stereocenters. The van der Waals surface area contributed by atoms with Gasteiger partial charge >= 0.3 is 0 Å². The minimum absolute atomic E-state index is 1.17. The minimum Gasteiger partial charge on any atom is -0.111 e. The lowest BCUT2D eigenvalue weighted by Gasteiger charge is -1.78. The summed E-state index contributed by atoms with van der Waals surface area (Å²) >= 11 is 3.92. The Morgan fingerprint density at radius 3 is 2.40 bits per heavy atom. The summed E-state index contributed by atoms with van der Waals surface area (Å²) in [6.45, 7) is 0. The van der Waals surface area contributed by atoms with E-state index in [-0.39, 0.29) is 0 Å². The molecule has 5 heavy (non-hydrogen) atoms. The molecule has 0 amide bonds. The molecule has 0 spiro atoms. The van der Waals surface area contributed by atoms with Crippen molar-refractivity contribution in [2.75, 3.05) is 5.75 Å². The molecule has 0 N–H and O–H groups in total. The average Bonchev–Trinajstić information content (AvgIpc) is 1.41. The van der Waals surface area contributed by atoms with Crippen molar-refractivity contribution in [3.8, 4) is 0 Å². The molecule has 3 heteroatoms. The maximum absolute atomic E-state index is 3.92. The fourth-order valence-electron chi connectivity index (χ4n) is 0.0913. The molecule has 0 fully saturated rings. The van der Waals surface area contributed by atoms with Crippen LogP contribution in [0.2, 0.25) is 6.32 Å². The highest BCUT2D eigenvalue weighted by molar-refractivity contribution is 8.68. The van der Waals surface area contributed by atoms with Gasteiger partial charge in [0.2, 0.25) is 0 Å². The number of hydrogen-bond acceptors (Lipinski definition) is 2. The second-order valence-electron chi connectivity index (χ2n) is 0.833. The summed E-state index contributed by atoms with van der Waals surface area (Å²) in [4.78, 5) is 0. The number of hydrogen-bond donors (Lipinski definition) is 1. The summed E-state index contributed by atoms with van der Waals surface area (Å²) in [6, 6.07) is 0. The van der Waals surface area contributed by atoms with Crippen molar-refractivity contribution in [1.82, 2.24) is 0 Å². The van der Waals surface area contributed by atoms with Gasteiger partial charge in [-0.2, -0.15) is 0 Å². The smallest absolute Gasteiger partial charge is 0.102 e. The first kappa shape index (κ1) is 5.76. The lowest BCUT2D eigenvalue weighted by atomic mass is 10.1. The summed E-state index contributed by atoms with van der Waals surface area (Å²) in [5, 5.41) is 0. The van der Waals surface area contributed by atoms with Crippen LogP contribution in [0.15, 0.2) is 0 Å². The maximum Gasteiger partial charge on any atom is 0.102 e. The molecule has 0 aliphatic heterocycles. The van der Waals surface area contributed by atoms with Crippen LogP contribution in [-0.2, 0) is 0 Å². The van der Waals surface area contributed by atoms with Crippen LogP contribution in [0.1, 0.15) is 0 Å². The van der Waals surface area contributed by atoms with Gasteiger partial charge in [0, 0.05) is 0 Å². The largest absolute Gasteiger partial charge is 0.111 e. The van der Waals surface area contributed by atoms with E-state index in [0.717, 1.165) is 0 Å². The first-order valence-corrected chi connectivity index (χ1v) is 3.72. The molecule has 0 nitrogen and oxygen atoms in total. The highest BCUT2D eigenvalue weighted by Crippen LogP contribution is 2.03. The van der Waals surface area contributed by atoms with Gasteiger partial charge in [-0.3, -0.25) is 0 Å². The third kappa shape index (κ3) is 4.76. The molecular weight excluding hydrogens is 99.0 g/mol. The molecule has 0 aromatic rings. The van der Waals surface area contributed by atoms with Crippen molar-refractivity contribution >= 4 is 30.3 Å². The monoisotopic (exact) mass is 106 g/mol. The fourth-order valence-corrected chi connectivity index (χ4v) is 0.822. The van der Waals surface area contributed by atoms with Gasteiger partial charge in [-0.05, 0) is 5.75 Å². The molecule has 0 aliphatic rings. The van der Waals surface area contributed by atoms with E-state index in [2.05, 4.69) is 19.5 Å². The number of thiol groups is 1. The predicted molar refractivity (Wildman–Crippen MR) is 34.8 cm³/mol. The molecule has 0 radical (unpaired) electrons. The quantitative estimate of drug-likeness (QED) is 0.306. The van der Waals surface area contributed by atoms with Gasteiger partial charge < -0.3 is 0 Å². The van der Waals surface area contributed by atoms with Gasteiger partial charge in [0.25, 0.3) is 0 Å². The van der Waals surface area contributed by atoms with Crippen molar-refractivity contribution in [3.05, 3.63) is 0 Å². The molecule has 30 valence electrons. The molecule has 0 rings (SSSR count). The molecule has 0 bridgehead atoms. The van der Waals surface area contributed by atoms with Gasteiger partial charge in [0.1, 0.15) is 7.85 Å². The first-order chi connectivity index (χ1) is 2.41. The van der Waals surface area contributed by atoms with E-state index in [1.165, 1.54) is 12.1 Å². The molecule has 0 saturated heterocycles. The summed E-state index contributed by atoms with van der Waals surface area (Å²) in [6.07, 6.45) is 1.23. The van der Waals surface area contributed by atoms with E-state index >= 15 is 0 Å². The minimum atomic E-state index is 1.17. The lowest BCUT2D eigenvalue weighted by molar-refractivity contribution is 1.52. The molecule has 0 heterocycles. The Morgan fingerprint density at radius 1 is 1.80 bits per heavy atom. The Morgan fingerprint density at radius 2 is 2.40 bits per heavy atom. The Hall–Kier alpha value is 0.765. The van der Waals surface area contributed by atoms with E-state index in [1.54, 1.807) is 10.8 Å². The van der Waals surface area contributed by atoms with Crippen molar-refractivity contribution in [1.29, 1.82) is 0 Å². The van der Waals surface area contributed by atoms with E-state index in [1.807, 2.05) is 0 Å². The van der Waals surface area contributed by atoms with Crippen LogP contribution in [0, 0.1) is 0 Å². The number of rotatable bonds is 2. The van der Waals surface area contributed by atoms with Gasteiger partial charge in [0.15, 0.2) is 0 Å². The van der Waals surface area contributed by atoms with Crippen molar-refractivity contribution in [3.63, 3.8) is 0 Å². The Balaban J connectivity index is 2.19. The van der Waals surface area contributed by atoms with Crippen LogP contribution < -0.4 is 0 Å². The van der Waals surface area contributed by atoms with Crippen molar-refractivity contribution in [2.24, 2.45) is 0 Å². The SMILES string of the molecule is BCCSS. The van der Waals surface area contributed by atoms with Crippen molar-refractivity contribution in [2.45, 2.75) is 6.32 Å². The Bertz CT molecular complexity index is 15.1. The maximum atomic E-state index is 3.92. The molecule has 0 unspecified atom stereocenters. The van der Waals surface area contributed by atoms with Crippen LogP contribution in [0.3, 0.4) is 0 Å². The van der Waals surface area contributed by atoms with E-state index in [0.29, 0.717) is 0 Å². The predicted octanol–water partition coefficient (Wildman–Crippen LogP) is 0.616. The summed E-state index contributed by atoms with van der Waals surface area (Å²) in [5.41, 5.74) is 0. The zero-order valence-electron chi connectivity index (χ0n) is 3.27. The normalized spacial score (nSPS) is 8.20. The van der Waals surface area contributed by atoms with Gasteiger partial charge in [0.05, 0.1) is 0 Å². The van der Waals surface area contributed by atoms with Crippen LogP contribution >= 0.6 is 22.5 Å². The van der Waals surface area contributed by atoms with Gasteiger partial charge in [-0.25, -0.2) is 0 Å². The highest BCUT2D eigenvalue weighted by Gasteiger charge is 1.69. The standard InChI is InChI=1S/C2H7BS2/c3-1-2-5-4/h4H,1-3H2. The fraction of sp³-hybridized carbons (Fsp3) is 1.00. The van der Waals surface area contributed by atoms with E-state index < -0.39 is 0 Å². The van der Waals surface area contributed by atoms with Crippen LogP contribution in [0.25, 0.3) is 0 Å². The summed E-state index contributed by atoms with van der Waals surface area (Å²) in [7, 11) is 3.74. The highest BCUT2D eigenvalue weighted by atomic mass is 33.1. The Kier molecular flexibility index (Phi) is 5.49. The second-order valence-corrected chi connectivity index (χ2v) is 2.27. The van der Waals surface area contributed by atoms with Crippen molar-refractivity contribution < 1.29 is 0 Å². The van der Waals surface area contributed by atoms with Crippen LogP contribution in [-0.4, -0.2) is 13.6 Å². The molecule has 0 saturated carbocycles. The van der Waals surface area contributed by atoms with Gasteiger partial charge in [-0.1, -0.05) is 17.1 Å². The zero-order valence-corrected chi connectivity index (χ0v) is 4.98. The summed E-state index contributed by atoms with van der Waals surface area (Å²) < 4.78 is 0. The average molecular weight is 106 g/mol. The molecule has 0 aromatic carbocycles. The van der Waals surface area contributed by atoms with E-state index in [9.17, 15) is 0 Å². The second kappa shape index (κ2) is 4.76. The topological polar surface area (TPSA) is 0 Å². The zero-order chi connectivity index (χ0) is 4.12. The third-order valence-corrected chi connectivity index (χ3v) is 1.43. The lowest BCUT2D eigenvalue weighted by Crippen LogP contribution is -1.66. The molecule has 0 aromatic heterocycles.